The molecule has 12 heteroatoms. The molecule has 0 aliphatic carbocycles. The molecular formula is C24H21F5N4O3. The maximum Gasteiger partial charge on any atom is 0.416 e. The molecule has 2 aromatic heterocycles. The van der Waals surface area contributed by atoms with Crippen LogP contribution in [0.4, 0.5) is 22.0 Å². The smallest absolute Gasteiger partial charge is 0.416 e. The molecule has 0 saturated heterocycles. The van der Waals surface area contributed by atoms with E-state index in [0.29, 0.717) is 22.6 Å². The highest BCUT2D eigenvalue weighted by Crippen LogP contribution is 2.32. The van der Waals surface area contributed by atoms with E-state index in [-0.39, 0.29) is 23.3 Å². The highest BCUT2D eigenvalue weighted by atomic mass is 19.4. The van der Waals surface area contributed by atoms with Crippen LogP contribution >= 0.6 is 0 Å². The van der Waals surface area contributed by atoms with Crippen molar-refractivity contribution >= 4 is 11.0 Å². The summed E-state index contributed by atoms with van der Waals surface area (Å²) in [6.07, 6.45) is -7.44. The lowest BCUT2D eigenvalue weighted by atomic mass is 10.1. The van der Waals surface area contributed by atoms with E-state index in [0.717, 1.165) is 16.8 Å². The zero-order chi connectivity index (χ0) is 26.2. The van der Waals surface area contributed by atoms with Crippen molar-refractivity contribution in [2.75, 3.05) is 14.2 Å². The van der Waals surface area contributed by atoms with Crippen molar-refractivity contribution in [3.63, 3.8) is 0 Å². The maximum absolute atomic E-state index is 13.7. The Bertz CT molecular complexity index is 1450. The number of ether oxygens (including phenoxy) is 2. The Morgan fingerprint density at radius 1 is 1.03 bits per heavy atom. The van der Waals surface area contributed by atoms with Crippen LogP contribution in [0.2, 0.25) is 0 Å². The maximum atomic E-state index is 13.7. The van der Waals surface area contributed by atoms with Crippen molar-refractivity contribution in [3.05, 3.63) is 81.0 Å². The van der Waals surface area contributed by atoms with Gasteiger partial charge in [0.05, 0.1) is 25.8 Å². The summed E-state index contributed by atoms with van der Waals surface area (Å²) in [4.78, 5) is 19.7. The molecule has 2 heterocycles. The van der Waals surface area contributed by atoms with Crippen molar-refractivity contribution in [2.45, 2.75) is 32.0 Å². The number of halogens is 5. The quantitative estimate of drug-likeness (QED) is 0.343. The van der Waals surface area contributed by atoms with Gasteiger partial charge in [-0.15, -0.1) is 0 Å². The van der Waals surface area contributed by atoms with Gasteiger partial charge in [-0.25, -0.2) is 18.4 Å². The van der Waals surface area contributed by atoms with E-state index >= 15 is 0 Å². The lowest BCUT2D eigenvalue weighted by Crippen LogP contribution is -2.15. The minimum Gasteiger partial charge on any atom is -0.493 e. The molecule has 0 radical (unpaired) electrons. The summed E-state index contributed by atoms with van der Waals surface area (Å²) in [5.74, 6) is 1.14. The molecule has 1 atom stereocenters. The first-order chi connectivity index (χ1) is 17.0. The largest absolute Gasteiger partial charge is 0.493 e. The molecule has 36 heavy (non-hydrogen) atoms. The van der Waals surface area contributed by atoms with E-state index in [4.69, 9.17) is 9.47 Å². The lowest BCUT2D eigenvalue weighted by Gasteiger charge is -2.15. The third-order valence-electron chi connectivity index (χ3n) is 5.75. The molecule has 1 unspecified atom stereocenters. The number of aromatic amines is 1. The Morgan fingerprint density at radius 2 is 1.69 bits per heavy atom. The zero-order valence-electron chi connectivity index (χ0n) is 19.4. The Kier molecular flexibility index (Phi) is 6.70. The summed E-state index contributed by atoms with van der Waals surface area (Å²) in [6.45, 7) is 1.57. The molecule has 190 valence electrons. The van der Waals surface area contributed by atoms with Crippen LogP contribution in [0.15, 0.2) is 47.3 Å². The number of hydrogen-bond acceptors (Lipinski definition) is 5. The normalized spacial score (nSPS) is 12.8. The third-order valence-corrected chi connectivity index (χ3v) is 5.75. The number of benzene rings is 2. The van der Waals surface area contributed by atoms with Crippen LogP contribution in [0, 0.1) is 0 Å². The van der Waals surface area contributed by atoms with E-state index < -0.39 is 35.5 Å². The van der Waals surface area contributed by atoms with Crippen molar-refractivity contribution in [3.8, 4) is 11.5 Å². The molecule has 0 aliphatic rings. The van der Waals surface area contributed by atoms with E-state index in [2.05, 4.69) is 15.1 Å². The van der Waals surface area contributed by atoms with Gasteiger partial charge in [0.25, 0.3) is 12.0 Å². The summed E-state index contributed by atoms with van der Waals surface area (Å²) in [5, 5.41) is 3.55. The Morgan fingerprint density at radius 3 is 2.28 bits per heavy atom. The Hall–Kier alpha value is -3.96. The van der Waals surface area contributed by atoms with Crippen molar-refractivity contribution in [2.24, 2.45) is 0 Å². The number of fused-ring (bicyclic) bond motifs is 1. The Balaban J connectivity index is 1.79. The summed E-state index contributed by atoms with van der Waals surface area (Å²) >= 11 is 0. The van der Waals surface area contributed by atoms with Gasteiger partial charge in [0.2, 0.25) is 0 Å². The topological polar surface area (TPSA) is 82.0 Å². The number of rotatable bonds is 7. The van der Waals surface area contributed by atoms with Gasteiger partial charge < -0.3 is 14.5 Å². The fourth-order valence-corrected chi connectivity index (χ4v) is 3.90. The minimum absolute atomic E-state index is 0.100. The fraction of sp³-hybridized carbons (Fsp3) is 0.292. The zero-order valence-corrected chi connectivity index (χ0v) is 19.4. The first kappa shape index (κ1) is 25.1. The van der Waals surface area contributed by atoms with Crippen LogP contribution in [-0.2, 0) is 12.6 Å². The first-order valence-electron chi connectivity index (χ1n) is 10.7. The predicted octanol–water partition coefficient (Wildman–Crippen LogP) is 5.29. The van der Waals surface area contributed by atoms with Crippen molar-refractivity contribution < 1.29 is 31.4 Å². The number of aromatic nitrogens is 4. The van der Waals surface area contributed by atoms with Crippen LogP contribution < -0.4 is 15.0 Å². The Labute approximate surface area is 201 Å². The summed E-state index contributed by atoms with van der Waals surface area (Å²) < 4.78 is 77.9. The van der Waals surface area contributed by atoms with Crippen molar-refractivity contribution in [1.29, 1.82) is 0 Å². The lowest BCUT2D eigenvalue weighted by molar-refractivity contribution is -0.137. The average Bonchev–Trinajstić information content (AvgIpc) is 3.23. The van der Waals surface area contributed by atoms with Crippen molar-refractivity contribution in [1.82, 2.24) is 19.7 Å². The summed E-state index contributed by atoms with van der Waals surface area (Å²) in [7, 11) is 2.96. The van der Waals surface area contributed by atoms with E-state index in [9.17, 15) is 26.7 Å². The van der Waals surface area contributed by atoms with Gasteiger partial charge in [-0.2, -0.15) is 18.3 Å². The summed E-state index contributed by atoms with van der Waals surface area (Å²) in [6, 6.07) is 8.58. The van der Waals surface area contributed by atoms with E-state index in [1.165, 1.54) is 26.4 Å². The fourth-order valence-electron chi connectivity index (χ4n) is 3.90. The number of alkyl halides is 5. The monoisotopic (exact) mass is 508 g/mol. The molecule has 4 rings (SSSR count). The molecule has 0 aliphatic heterocycles. The molecule has 0 fully saturated rings. The van der Waals surface area contributed by atoms with Gasteiger partial charge in [0.1, 0.15) is 16.9 Å². The van der Waals surface area contributed by atoms with Gasteiger partial charge in [-0.1, -0.05) is 18.2 Å². The molecule has 2 aromatic carbocycles. The molecular weight excluding hydrogens is 487 g/mol. The molecule has 0 bridgehead atoms. The summed E-state index contributed by atoms with van der Waals surface area (Å²) in [5.41, 5.74) is -1.42. The highest BCUT2D eigenvalue weighted by molar-refractivity contribution is 5.78. The minimum atomic E-state index is -4.52. The van der Waals surface area contributed by atoms with E-state index in [1.54, 1.807) is 25.1 Å². The average molecular weight is 508 g/mol. The number of methoxy groups -OCH3 is 2. The second-order valence-electron chi connectivity index (χ2n) is 8.00. The predicted molar refractivity (Wildman–Crippen MR) is 121 cm³/mol. The highest BCUT2D eigenvalue weighted by Gasteiger charge is 2.31. The SMILES string of the molecule is COc1ccc(Cc2nc3c(c(C(F)F)nn3C(C)c3ccc(C(F)(F)F)cc3)c(=O)[nH]2)cc1OC. The first-order valence-corrected chi connectivity index (χ1v) is 10.7. The van der Waals surface area contributed by atoms with Gasteiger partial charge >= 0.3 is 6.18 Å². The van der Waals surface area contributed by atoms with Crippen LogP contribution in [0.1, 0.15) is 47.6 Å². The number of hydrogen-bond donors (Lipinski definition) is 1. The third kappa shape index (κ3) is 4.75. The van der Waals surface area contributed by atoms with E-state index in [1.807, 2.05) is 0 Å². The van der Waals surface area contributed by atoms with Gasteiger partial charge in [-0.05, 0) is 42.3 Å². The van der Waals surface area contributed by atoms with Crippen LogP contribution in [-0.4, -0.2) is 34.0 Å². The van der Waals surface area contributed by atoms with Gasteiger partial charge in [-0.3, -0.25) is 4.79 Å². The second-order valence-corrected chi connectivity index (χ2v) is 8.00. The number of nitrogens with one attached hydrogen (secondary N) is 1. The standard InChI is InChI=1S/C24H21F5N4O3/c1-12(14-5-7-15(8-6-14)24(27,28)29)33-22-19(20(32-33)21(25)26)23(34)31-18(30-22)11-13-4-9-16(35-2)17(10-13)36-3/h4-10,12,21H,11H2,1-3H3,(H,30,31,34). The van der Waals surface area contributed by atoms with Gasteiger partial charge in [0.15, 0.2) is 17.1 Å². The molecule has 0 spiro atoms. The molecule has 7 nitrogen and oxygen atoms in total. The van der Waals surface area contributed by atoms with Crippen LogP contribution in [0.25, 0.3) is 11.0 Å². The number of H-pyrrole nitrogens is 1. The van der Waals surface area contributed by atoms with Crippen LogP contribution in [0.5, 0.6) is 11.5 Å². The van der Waals surface area contributed by atoms with Crippen LogP contribution in [0.3, 0.4) is 0 Å². The number of nitrogens with zero attached hydrogens (tertiary/aromatic N) is 3. The second kappa shape index (κ2) is 9.59. The molecule has 1 N–H and O–H groups in total. The molecule has 0 amide bonds. The molecule has 4 aromatic rings. The van der Waals surface area contributed by atoms with Gasteiger partial charge in [0, 0.05) is 6.42 Å². The molecule has 0 saturated carbocycles.